The molecule has 118 valence electrons. The lowest BCUT2D eigenvalue weighted by Crippen LogP contribution is -2.27. The van der Waals surface area contributed by atoms with Crippen LogP contribution in [0.25, 0.3) is 0 Å². The lowest BCUT2D eigenvalue weighted by molar-refractivity contribution is 0.0793. The van der Waals surface area contributed by atoms with Gasteiger partial charge in [-0.3, -0.25) is 4.79 Å². The van der Waals surface area contributed by atoms with Gasteiger partial charge in [-0.15, -0.1) is 0 Å². The van der Waals surface area contributed by atoms with E-state index < -0.39 is 0 Å². The Hall–Kier alpha value is -2.32. The lowest BCUT2D eigenvalue weighted by atomic mass is 10.1. The first-order chi connectivity index (χ1) is 10.9. The third-order valence-corrected chi connectivity index (χ3v) is 3.98. The molecule has 2 aromatic rings. The Morgan fingerprint density at radius 2 is 1.96 bits per heavy atom. The normalized spacial score (nSPS) is 9.91. The molecule has 0 bridgehead atoms. The van der Waals surface area contributed by atoms with Gasteiger partial charge in [0.25, 0.3) is 5.91 Å². The number of benzene rings is 1. The third kappa shape index (κ3) is 4.11. The Kier molecular flexibility index (Phi) is 5.41. The van der Waals surface area contributed by atoms with E-state index in [2.05, 4.69) is 32.8 Å². The number of aromatic hydroxyl groups is 1. The van der Waals surface area contributed by atoms with Crippen molar-refractivity contribution in [3.8, 4) is 17.6 Å². The Bertz CT molecular complexity index is 789. The molecule has 0 aliphatic rings. The molecule has 5 heteroatoms. The fourth-order valence-corrected chi connectivity index (χ4v) is 2.22. The first kappa shape index (κ1) is 17.0. The quantitative estimate of drug-likeness (QED) is 0.649. The molecule has 1 N–H and O–H groups in total. The van der Waals surface area contributed by atoms with E-state index >= 15 is 0 Å². The average molecular weight is 373 g/mol. The highest BCUT2D eigenvalue weighted by Gasteiger charge is 2.18. The van der Waals surface area contributed by atoms with Crippen molar-refractivity contribution < 1.29 is 9.90 Å². The number of aryl methyl sites for hydroxylation is 1. The summed E-state index contributed by atoms with van der Waals surface area (Å²) in [4.78, 5) is 17.7. The van der Waals surface area contributed by atoms with Crippen LogP contribution in [0.1, 0.15) is 34.1 Å². The van der Waals surface area contributed by atoms with E-state index in [-0.39, 0.29) is 17.4 Å². The number of halogens is 1. The predicted octanol–water partition coefficient (Wildman–Crippen LogP) is 3.35. The molecule has 0 fully saturated rings. The van der Waals surface area contributed by atoms with Gasteiger partial charge in [0.05, 0.1) is 5.56 Å². The van der Waals surface area contributed by atoms with Crippen LogP contribution in [0.15, 0.2) is 34.9 Å². The number of hydrogen-bond donors (Lipinski definition) is 1. The summed E-state index contributed by atoms with van der Waals surface area (Å²) in [5.41, 5.74) is 2.58. The minimum atomic E-state index is -0.330. The number of amides is 1. The van der Waals surface area contributed by atoms with Crippen molar-refractivity contribution in [2.24, 2.45) is 0 Å². The molecule has 0 atom stereocenters. The zero-order valence-corrected chi connectivity index (χ0v) is 14.8. The van der Waals surface area contributed by atoms with Crippen molar-refractivity contribution in [2.45, 2.75) is 13.8 Å². The zero-order chi connectivity index (χ0) is 17.0. The lowest BCUT2D eigenvalue weighted by Gasteiger charge is -2.14. The molecule has 2 rings (SSSR count). The van der Waals surface area contributed by atoms with E-state index in [1.807, 2.05) is 38.1 Å². The summed E-state index contributed by atoms with van der Waals surface area (Å²) in [5.74, 6) is 5.46. The maximum absolute atomic E-state index is 12.1. The fraction of sp³-hybridized carbons (Fsp3) is 0.222. The summed E-state index contributed by atoms with van der Waals surface area (Å²) in [6.45, 7) is 4.40. The van der Waals surface area contributed by atoms with Crippen LogP contribution in [0.2, 0.25) is 0 Å². The molecule has 0 saturated heterocycles. The van der Waals surface area contributed by atoms with Crippen LogP contribution in [-0.4, -0.2) is 34.5 Å². The number of hydrogen-bond acceptors (Lipinski definition) is 3. The minimum absolute atomic E-state index is 0.0158. The van der Waals surface area contributed by atoms with E-state index in [9.17, 15) is 9.90 Å². The second-order valence-electron chi connectivity index (χ2n) is 5.13. The Labute approximate surface area is 144 Å². The number of aromatic nitrogens is 1. The summed E-state index contributed by atoms with van der Waals surface area (Å²) in [6.07, 6.45) is 0. The molecule has 0 unspecified atom stereocenters. The highest BCUT2D eigenvalue weighted by atomic mass is 79.9. The maximum atomic E-state index is 12.1. The molecule has 1 aromatic carbocycles. The molecule has 1 heterocycles. The van der Waals surface area contributed by atoms with Gasteiger partial charge in [-0.1, -0.05) is 29.5 Å². The van der Waals surface area contributed by atoms with Crippen molar-refractivity contribution >= 4 is 21.8 Å². The van der Waals surface area contributed by atoms with Crippen molar-refractivity contribution in [3.05, 3.63) is 57.3 Å². The number of carbonyl (C=O) groups is 1. The van der Waals surface area contributed by atoms with Gasteiger partial charge >= 0.3 is 0 Å². The number of rotatable bonds is 2. The predicted molar refractivity (Wildman–Crippen MR) is 93.4 cm³/mol. The molecule has 0 radical (unpaired) electrons. The van der Waals surface area contributed by atoms with Gasteiger partial charge in [-0.05, 0) is 41.9 Å². The number of pyridine rings is 1. The first-order valence-corrected chi connectivity index (χ1v) is 7.95. The van der Waals surface area contributed by atoms with Gasteiger partial charge in [-0.25, -0.2) is 4.98 Å². The molecule has 1 amide bonds. The smallest absolute Gasteiger partial charge is 0.276 e. The minimum Gasteiger partial charge on any atom is -0.505 e. The molecular formula is C18H17BrN2O2. The Morgan fingerprint density at radius 3 is 2.57 bits per heavy atom. The monoisotopic (exact) mass is 372 g/mol. The summed E-state index contributed by atoms with van der Waals surface area (Å²) in [7, 11) is 1.66. The third-order valence-electron chi connectivity index (χ3n) is 3.37. The zero-order valence-electron chi connectivity index (χ0n) is 13.2. The first-order valence-electron chi connectivity index (χ1n) is 7.16. The summed E-state index contributed by atoms with van der Waals surface area (Å²) < 4.78 is 0.433. The van der Waals surface area contributed by atoms with Crippen molar-refractivity contribution in [1.82, 2.24) is 9.88 Å². The summed E-state index contributed by atoms with van der Waals surface area (Å²) >= 11 is 3.31. The van der Waals surface area contributed by atoms with E-state index in [1.165, 1.54) is 16.5 Å². The maximum Gasteiger partial charge on any atom is 0.276 e. The summed E-state index contributed by atoms with van der Waals surface area (Å²) in [5, 5.41) is 10.1. The molecule has 0 saturated carbocycles. The van der Waals surface area contributed by atoms with Gasteiger partial charge in [0.15, 0.2) is 5.69 Å². The van der Waals surface area contributed by atoms with Crippen LogP contribution in [0, 0.1) is 18.8 Å². The molecule has 0 spiro atoms. The van der Waals surface area contributed by atoms with Crippen molar-refractivity contribution in [2.75, 3.05) is 13.6 Å². The SMILES string of the molecule is CCN(C)C(=O)c1nc(Br)c(C#Cc2ccc(C)cc2)cc1O. The second kappa shape index (κ2) is 7.30. The largest absolute Gasteiger partial charge is 0.505 e. The fourth-order valence-electron chi connectivity index (χ4n) is 1.83. The van der Waals surface area contributed by atoms with Crippen molar-refractivity contribution in [3.63, 3.8) is 0 Å². The van der Waals surface area contributed by atoms with Crippen LogP contribution in [0.5, 0.6) is 5.75 Å². The highest BCUT2D eigenvalue weighted by Crippen LogP contribution is 2.23. The average Bonchev–Trinajstić information content (AvgIpc) is 2.55. The van der Waals surface area contributed by atoms with Crippen LogP contribution in [-0.2, 0) is 0 Å². The topological polar surface area (TPSA) is 53.4 Å². The van der Waals surface area contributed by atoms with Crippen LogP contribution < -0.4 is 0 Å². The van der Waals surface area contributed by atoms with Gasteiger partial charge in [-0.2, -0.15) is 0 Å². The van der Waals surface area contributed by atoms with Gasteiger partial charge in [0.1, 0.15) is 10.4 Å². The highest BCUT2D eigenvalue weighted by molar-refractivity contribution is 9.10. The molecular weight excluding hydrogens is 356 g/mol. The van der Waals surface area contributed by atoms with Crippen LogP contribution >= 0.6 is 15.9 Å². The Balaban J connectivity index is 2.34. The molecule has 23 heavy (non-hydrogen) atoms. The summed E-state index contributed by atoms with van der Waals surface area (Å²) in [6, 6.07) is 9.28. The molecule has 4 nitrogen and oxygen atoms in total. The molecule has 0 aliphatic heterocycles. The van der Waals surface area contributed by atoms with E-state index in [0.29, 0.717) is 16.7 Å². The van der Waals surface area contributed by atoms with E-state index in [4.69, 9.17) is 0 Å². The standard InChI is InChI=1S/C18H17BrN2O2/c1-4-21(3)18(23)16-15(22)11-14(17(19)20-16)10-9-13-7-5-12(2)6-8-13/h5-8,11,22H,4H2,1-3H3. The number of nitrogens with zero attached hydrogens (tertiary/aromatic N) is 2. The van der Waals surface area contributed by atoms with Crippen LogP contribution in [0.4, 0.5) is 0 Å². The van der Waals surface area contributed by atoms with E-state index in [0.717, 1.165) is 5.56 Å². The van der Waals surface area contributed by atoms with Gasteiger partial charge in [0, 0.05) is 25.2 Å². The molecule has 0 aliphatic carbocycles. The number of carbonyl (C=O) groups excluding carboxylic acids is 1. The Morgan fingerprint density at radius 1 is 1.30 bits per heavy atom. The van der Waals surface area contributed by atoms with Crippen LogP contribution in [0.3, 0.4) is 0 Å². The second-order valence-corrected chi connectivity index (χ2v) is 5.88. The van der Waals surface area contributed by atoms with Gasteiger partial charge in [0.2, 0.25) is 0 Å². The van der Waals surface area contributed by atoms with Crippen molar-refractivity contribution in [1.29, 1.82) is 0 Å². The van der Waals surface area contributed by atoms with Gasteiger partial charge < -0.3 is 10.0 Å². The van der Waals surface area contributed by atoms with E-state index in [1.54, 1.807) is 7.05 Å². The molecule has 1 aromatic heterocycles.